The first-order chi connectivity index (χ1) is 8.52. The highest BCUT2D eigenvalue weighted by Crippen LogP contribution is 2.18. The lowest BCUT2D eigenvalue weighted by Gasteiger charge is -2.26. The monoisotopic (exact) mass is 271 g/mol. The number of carbonyl (C=O) groups is 1. The third-order valence-corrected chi connectivity index (χ3v) is 4.92. The fraction of sp³-hybridized carbons (Fsp3) is 0.636. The number of aromatic nitrogens is 2. The minimum Gasteiger partial charge on any atom is -0.337 e. The van der Waals surface area contributed by atoms with Crippen LogP contribution in [0.5, 0.6) is 0 Å². The first-order valence-electron chi connectivity index (χ1n) is 5.99. The van der Waals surface area contributed by atoms with Crippen molar-refractivity contribution in [2.75, 3.05) is 18.1 Å². The zero-order chi connectivity index (χ0) is 13.2. The van der Waals surface area contributed by atoms with Gasteiger partial charge < -0.3 is 4.90 Å². The van der Waals surface area contributed by atoms with Crippen LogP contribution in [-0.2, 0) is 21.2 Å². The molecule has 2 heterocycles. The van der Waals surface area contributed by atoms with Crippen molar-refractivity contribution in [3.8, 4) is 0 Å². The molecule has 0 spiro atoms. The first-order valence-corrected chi connectivity index (χ1v) is 7.81. The number of amides is 1. The standard InChI is InChI=1S/C11H17N3O3S/c1-2-14(10-4-7-18(16,17)9-10)11(15)8-13-6-3-5-12-13/h3,5-6,10H,2,4,7-9H2,1H3. The van der Waals surface area contributed by atoms with Gasteiger partial charge in [-0.05, 0) is 19.4 Å². The van der Waals surface area contributed by atoms with Crippen LogP contribution >= 0.6 is 0 Å². The third kappa shape index (κ3) is 2.90. The van der Waals surface area contributed by atoms with E-state index in [0.717, 1.165) is 0 Å². The molecule has 6 nitrogen and oxygen atoms in total. The van der Waals surface area contributed by atoms with E-state index in [-0.39, 0.29) is 30.0 Å². The highest BCUT2D eigenvalue weighted by atomic mass is 32.2. The molecule has 1 aliphatic rings. The average Bonchev–Trinajstić information content (AvgIpc) is 2.89. The van der Waals surface area contributed by atoms with E-state index in [0.29, 0.717) is 13.0 Å². The Hall–Kier alpha value is -1.37. The van der Waals surface area contributed by atoms with Gasteiger partial charge in [-0.25, -0.2) is 8.42 Å². The zero-order valence-electron chi connectivity index (χ0n) is 10.3. The predicted octanol–water partition coefficient (Wildman–Crippen LogP) is -0.0813. The van der Waals surface area contributed by atoms with E-state index in [1.165, 1.54) is 0 Å². The van der Waals surface area contributed by atoms with E-state index < -0.39 is 9.84 Å². The van der Waals surface area contributed by atoms with E-state index in [9.17, 15) is 13.2 Å². The van der Waals surface area contributed by atoms with Crippen LogP contribution in [0.4, 0.5) is 0 Å². The topological polar surface area (TPSA) is 72.3 Å². The molecule has 1 aromatic heterocycles. The molecular weight excluding hydrogens is 254 g/mol. The summed E-state index contributed by atoms with van der Waals surface area (Å²) in [7, 11) is -2.96. The minimum atomic E-state index is -2.96. The average molecular weight is 271 g/mol. The summed E-state index contributed by atoms with van der Waals surface area (Å²) in [6.07, 6.45) is 3.88. The Morgan fingerprint density at radius 1 is 1.56 bits per heavy atom. The number of sulfone groups is 1. The molecule has 1 atom stereocenters. The van der Waals surface area contributed by atoms with Crippen LogP contribution in [0.2, 0.25) is 0 Å². The first kappa shape index (κ1) is 13.1. The van der Waals surface area contributed by atoms with Crippen LogP contribution in [-0.4, -0.2) is 53.1 Å². The molecule has 100 valence electrons. The highest BCUT2D eigenvalue weighted by Gasteiger charge is 2.33. The van der Waals surface area contributed by atoms with Gasteiger partial charge >= 0.3 is 0 Å². The molecule has 0 aliphatic carbocycles. The number of hydrogen-bond acceptors (Lipinski definition) is 4. The van der Waals surface area contributed by atoms with Gasteiger partial charge in [0, 0.05) is 25.0 Å². The Morgan fingerprint density at radius 3 is 2.83 bits per heavy atom. The van der Waals surface area contributed by atoms with Crippen molar-refractivity contribution in [1.82, 2.24) is 14.7 Å². The normalized spacial score (nSPS) is 21.9. The molecule has 0 bridgehead atoms. The quantitative estimate of drug-likeness (QED) is 0.768. The Kier molecular flexibility index (Phi) is 3.70. The van der Waals surface area contributed by atoms with Crippen molar-refractivity contribution in [2.24, 2.45) is 0 Å². The molecule has 0 radical (unpaired) electrons. The second kappa shape index (κ2) is 5.09. The maximum Gasteiger partial charge on any atom is 0.244 e. The molecule has 1 aliphatic heterocycles. The van der Waals surface area contributed by atoms with Crippen molar-refractivity contribution in [3.63, 3.8) is 0 Å². The van der Waals surface area contributed by atoms with Crippen molar-refractivity contribution in [2.45, 2.75) is 25.9 Å². The fourth-order valence-electron chi connectivity index (χ4n) is 2.28. The fourth-order valence-corrected chi connectivity index (χ4v) is 4.01. The molecule has 0 N–H and O–H groups in total. The predicted molar refractivity (Wildman–Crippen MR) is 66.7 cm³/mol. The van der Waals surface area contributed by atoms with Gasteiger partial charge in [0.2, 0.25) is 5.91 Å². The van der Waals surface area contributed by atoms with Gasteiger partial charge in [0.25, 0.3) is 0 Å². The van der Waals surface area contributed by atoms with Crippen LogP contribution in [0, 0.1) is 0 Å². The van der Waals surface area contributed by atoms with Crippen LogP contribution < -0.4 is 0 Å². The summed E-state index contributed by atoms with van der Waals surface area (Å²) in [5, 5.41) is 3.98. The van der Waals surface area contributed by atoms with E-state index >= 15 is 0 Å². The van der Waals surface area contributed by atoms with Crippen molar-refractivity contribution in [3.05, 3.63) is 18.5 Å². The molecule has 18 heavy (non-hydrogen) atoms. The van der Waals surface area contributed by atoms with Crippen LogP contribution in [0.25, 0.3) is 0 Å². The number of nitrogens with zero attached hydrogens (tertiary/aromatic N) is 3. The Labute approximate surface area is 106 Å². The molecule has 1 unspecified atom stereocenters. The molecule has 2 rings (SSSR count). The smallest absolute Gasteiger partial charge is 0.244 e. The van der Waals surface area contributed by atoms with Crippen molar-refractivity contribution >= 4 is 15.7 Å². The summed E-state index contributed by atoms with van der Waals surface area (Å²) in [5.41, 5.74) is 0. The van der Waals surface area contributed by atoms with E-state index in [2.05, 4.69) is 5.10 Å². The summed E-state index contributed by atoms with van der Waals surface area (Å²) in [6.45, 7) is 2.56. The summed E-state index contributed by atoms with van der Waals surface area (Å²) < 4.78 is 24.4. The zero-order valence-corrected chi connectivity index (χ0v) is 11.1. The summed E-state index contributed by atoms with van der Waals surface area (Å²) >= 11 is 0. The maximum absolute atomic E-state index is 12.1. The minimum absolute atomic E-state index is 0.0803. The lowest BCUT2D eigenvalue weighted by Crippen LogP contribution is -2.42. The van der Waals surface area contributed by atoms with Crippen molar-refractivity contribution in [1.29, 1.82) is 0 Å². The summed E-state index contributed by atoms with van der Waals surface area (Å²) in [6, 6.07) is 1.58. The molecule has 1 fully saturated rings. The van der Waals surface area contributed by atoms with E-state index in [1.54, 1.807) is 28.0 Å². The van der Waals surface area contributed by atoms with Crippen LogP contribution in [0.3, 0.4) is 0 Å². The molecular formula is C11H17N3O3S. The van der Waals surface area contributed by atoms with Gasteiger partial charge in [-0.2, -0.15) is 5.10 Å². The Bertz CT molecular complexity index is 510. The number of rotatable bonds is 4. The van der Waals surface area contributed by atoms with Gasteiger partial charge in [-0.1, -0.05) is 0 Å². The maximum atomic E-state index is 12.1. The third-order valence-electron chi connectivity index (χ3n) is 3.17. The van der Waals surface area contributed by atoms with E-state index in [1.807, 2.05) is 6.92 Å². The summed E-state index contributed by atoms with van der Waals surface area (Å²) in [4.78, 5) is 13.8. The number of hydrogen-bond donors (Lipinski definition) is 0. The van der Waals surface area contributed by atoms with Gasteiger partial charge in [0.05, 0.1) is 11.5 Å². The molecule has 1 saturated heterocycles. The largest absolute Gasteiger partial charge is 0.337 e. The molecule has 0 saturated carbocycles. The molecule has 0 aromatic carbocycles. The molecule has 1 amide bonds. The van der Waals surface area contributed by atoms with Crippen LogP contribution in [0.1, 0.15) is 13.3 Å². The van der Waals surface area contributed by atoms with Crippen molar-refractivity contribution < 1.29 is 13.2 Å². The summed E-state index contributed by atoms with van der Waals surface area (Å²) in [5.74, 6) is 0.192. The molecule has 1 aromatic rings. The van der Waals surface area contributed by atoms with Gasteiger partial charge in [0.1, 0.15) is 6.54 Å². The lowest BCUT2D eigenvalue weighted by molar-refractivity contribution is -0.133. The Morgan fingerprint density at radius 2 is 2.33 bits per heavy atom. The van der Waals surface area contributed by atoms with Gasteiger partial charge in [-0.3, -0.25) is 9.48 Å². The van der Waals surface area contributed by atoms with Crippen LogP contribution in [0.15, 0.2) is 18.5 Å². The van der Waals surface area contributed by atoms with Gasteiger partial charge in [-0.15, -0.1) is 0 Å². The van der Waals surface area contributed by atoms with E-state index in [4.69, 9.17) is 0 Å². The second-order valence-corrected chi connectivity index (χ2v) is 6.67. The Balaban J connectivity index is 2.03. The SMILES string of the molecule is CCN(C(=O)Cn1cccn1)C1CCS(=O)(=O)C1. The lowest BCUT2D eigenvalue weighted by atomic mass is 10.2. The second-order valence-electron chi connectivity index (χ2n) is 4.44. The molecule has 7 heteroatoms. The number of carbonyl (C=O) groups excluding carboxylic acids is 1. The van der Waals surface area contributed by atoms with Gasteiger partial charge in [0.15, 0.2) is 9.84 Å². The highest BCUT2D eigenvalue weighted by molar-refractivity contribution is 7.91. The number of likely N-dealkylation sites (N-methyl/N-ethyl adjacent to an activating group) is 1.